The number of rotatable bonds is 6. The van der Waals surface area contributed by atoms with Gasteiger partial charge in [-0.2, -0.15) is 0 Å². The summed E-state index contributed by atoms with van der Waals surface area (Å²) in [6.45, 7) is 0. The highest BCUT2D eigenvalue weighted by Gasteiger charge is 2.29. The molecule has 0 N–H and O–H groups in total. The van der Waals surface area contributed by atoms with Crippen LogP contribution in [-0.2, 0) is 0 Å². The molecule has 2 aliphatic rings. The van der Waals surface area contributed by atoms with E-state index in [-0.39, 0.29) is 0 Å². The zero-order valence-electron chi connectivity index (χ0n) is 31.5. The molecule has 0 radical (unpaired) electrons. The SMILES string of the molecule is C1=CC2c3cc(-c4ccc(N(c5cccc(-c6cc(-c7ccccc7)cc7ccccc67)c5)c5ccc6ccccc6c5)cc4)ccc3C=CC2c2ccccc21. The molecule has 0 saturated heterocycles. The van der Waals surface area contributed by atoms with Crippen LogP contribution in [0.1, 0.15) is 34.1 Å². The molecule has 2 unspecified atom stereocenters. The van der Waals surface area contributed by atoms with Crippen molar-refractivity contribution in [1.29, 1.82) is 0 Å². The van der Waals surface area contributed by atoms with E-state index in [2.05, 4.69) is 229 Å². The summed E-state index contributed by atoms with van der Waals surface area (Å²) in [5.41, 5.74) is 16.1. The molecule has 0 spiro atoms. The van der Waals surface area contributed by atoms with Crippen molar-refractivity contribution < 1.29 is 0 Å². The summed E-state index contributed by atoms with van der Waals surface area (Å²) >= 11 is 0. The van der Waals surface area contributed by atoms with Gasteiger partial charge in [0.15, 0.2) is 0 Å². The lowest BCUT2D eigenvalue weighted by Gasteiger charge is -2.32. The van der Waals surface area contributed by atoms with Gasteiger partial charge in [0.2, 0.25) is 0 Å². The molecule has 57 heavy (non-hydrogen) atoms. The van der Waals surface area contributed by atoms with Crippen LogP contribution in [0.25, 0.3) is 67.1 Å². The summed E-state index contributed by atoms with van der Waals surface area (Å²) in [5.74, 6) is 0.696. The number of nitrogens with zero attached hydrogens (tertiary/aromatic N) is 1. The Hall–Kier alpha value is -7.22. The highest BCUT2D eigenvalue weighted by Crippen LogP contribution is 2.47. The molecule has 0 amide bonds. The molecule has 0 aromatic heterocycles. The quantitative estimate of drug-likeness (QED) is 0.165. The normalized spacial score (nSPS) is 15.2. The molecule has 2 atom stereocenters. The second-order valence-corrected chi connectivity index (χ2v) is 15.3. The highest BCUT2D eigenvalue weighted by molar-refractivity contribution is 6.01. The minimum absolute atomic E-state index is 0.334. The molecular formula is C56H39N. The second kappa shape index (κ2) is 13.8. The molecule has 2 aliphatic carbocycles. The van der Waals surface area contributed by atoms with E-state index in [4.69, 9.17) is 0 Å². The van der Waals surface area contributed by atoms with Crippen LogP contribution in [-0.4, -0.2) is 0 Å². The van der Waals surface area contributed by atoms with Gasteiger partial charge in [0.05, 0.1) is 0 Å². The molecule has 0 bridgehead atoms. The van der Waals surface area contributed by atoms with Crippen molar-refractivity contribution in [2.24, 2.45) is 0 Å². The minimum atomic E-state index is 0.334. The summed E-state index contributed by atoms with van der Waals surface area (Å²) in [5, 5.41) is 4.93. The van der Waals surface area contributed by atoms with E-state index in [1.807, 2.05) is 0 Å². The van der Waals surface area contributed by atoms with Crippen LogP contribution < -0.4 is 4.90 Å². The maximum atomic E-state index is 2.42. The lowest BCUT2D eigenvalue weighted by atomic mass is 9.71. The number of hydrogen-bond donors (Lipinski definition) is 0. The van der Waals surface area contributed by atoms with Crippen molar-refractivity contribution in [1.82, 2.24) is 0 Å². The molecule has 0 saturated carbocycles. The van der Waals surface area contributed by atoms with E-state index in [1.54, 1.807) is 0 Å². The molecule has 11 rings (SSSR count). The van der Waals surface area contributed by atoms with Crippen molar-refractivity contribution in [3.8, 4) is 33.4 Å². The second-order valence-electron chi connectivity index (χ2n) is 15.3. The Kier molecular flexibility index (Phi) is 8.03. The first kappa shape index (κ1) is 33.1. The van der Waals surface area contributed by atoms with Crippen molar-refractivity contribution in [2.45, 2.75) is 11.8 Å². The van der Waals surface area contributed by atoms with Crippen molar-refractivity contribution in [3.63, 3.8) is 0 Å². The van der Waals surface area contributed by atoms with Crippen LogP contribution in [0, 0.1) is 0 Å². The average Bonchev–Trinajstić information content (AvgIpc) is 3.29. The van der Waals surface area contributed by atoms with Gasteiger partial charge in [-0.3, -0.25) is 0 Å². The predicted molar refractivity (Wildman–Crippen MR) is 242 cm³/mol. The number of anilines is 3. The number of hydrogen-bond acceptors (Lipinski definition) is 1. The molecule has 1 heteroatoms. The van der Waals surface area contributed by atoms with Gasteiger partial charge < -0.3 is 4.90 Å². The number of allylic oxidation sites excluding steroid dienone is 2. The number of fused-ring (bicyclic) bond motifs is 7. The van der Waals surface area contributed by atoms with Crippen LogP contribution in [0.2, 0.25) is 0 Å². The van der Waals surface area contributed by atoms with Gasteiger partial charge in [-0.25, -0.2) is 0 Å². The maximum absolute atomic E-state index is 2.42. The fourth-order valence-electron chi connectivity index (χ4n) is 9.13. The first-order valence-corrected chi connectivity index (χ1v) is 19.9. The first-order valence-electron chi connectivity index (χ1n) is 19.9. The van der Waals surface area contributed by atoms with Gasteiger partial charge in [-0.05, 0) is 132 Å². The maximum Gasteiger partial charge on any atom is 0.0468 e. The van der Waals surface area contributed by atoms with Crippen molar-refractivity contribution in [2.75, 3.05) is 4.90 Å². The van der Waals surface area contributed by atoms with E-state index >= 15 is 0 Å². The average molecular weight is 726 g/mol. The van der Waals surface area contributed by atoms with Crippen LogP contribution in [0.4, 0.5) is 17.1 Å². The minimum Gasteiger partial charge on any atom is -0.310 e. The molecule has 0 fully saturated rings. The monoisotopic (exact) mass is 725 g/mol. The Balaban J connectivity index is 1.00. The van der Waals surface area contributed by atoms with Crippen LogP contribution >= 0.6 is 0 Å². The van der Waals surface area contributed by atoms with E-state index in [1.165, 1.54) is 77.2 Å². The molecule has 268 valence electrons. The van der Waals surface area contributed by atoms with E-state index < -0.39 is 0 Å². The van der Waals surface area contributed by atoms with Crippen LogP contribution in [0.5, 0.6) is 0 Å². The van der Waals surface area contributed by atoms with Crippen LogP contribution in [0.15, 0.2) is 212 Å². The fraction of sp³-hybridized carbons (Fsp3) is 0.0357. The largest absolute Gasteiger partial charge is 0.310 e. The number of benzene rings is 9. The lowest BCUT2D eigenvalue weighted by molar-refractivity contribution is 0.722. The van der Waals surface area contributed by atoms with Gasteiger partial charge in [-0.15, -0.1) is 0 Å². The lowest BCUT2D eigenvalue weighted by Crippen LogP contribution is -2.15. The fourth-order valence-corrected chi connectivity index (χ4v) is 9.13. The van der Waals surface area contributed by atoms with Crippen LogP contribution in [0.3, 0.4) is 0 Å². The summed E-state index contributed by atoms with van der Waals surface area (Å²) in [4.78, 5) is 2.40. The molecule has 1 nitrogen and oxygen atoms in total. The topological polar surface area (TPSA) is 3.24 Å². The Bertz CT molecular complexity index is 3020. The van der Waals surface area contributed by atoms with Gasteiger partial charge in [0, 0.05) is 28.9 Å². The molecular weight excluding hydrogens is 687 g/mol. The molecule has 9 aromatic carbocycles. The summed E-state index contributed by atoms with van der Waals surface area (Å²) in [6, 6.07) is 73.5. The zero-order chi connectivity index (χ0) is 37.7. The Morgan fingerprint density at radius 2 is 0.947 bits per heavy atom. The summed E-state index contributed by atoms with van der Waals surface area (Å²) in [6.07, 6.45) is 9.41. The summed E-state index contributed by atoms with van der Waals surface area (Å²) in [7, 11) is 0. The smallest absolute Gasteiger partial charge is 0.0468 e. The molecule has 0 heterocycles. The third-order valence-corrected chi connectivity index (χ3v) is 12.0. The van der Waals surface area contributed by atoms with E-state index in [9.17, 15) is 0 Å². The summed E-state index contributed by atoms with van der Waals surface area (Å²) < 4.78 is 0. The molecule has 9 aromatic rings. The first-order chi connectivity index (χ1) is 28.2. The van der Waals surface area contributed by atoms with Crippen molar-refractivity contribution in [3.05, 3.63) is 235 Å². The predicted octanol–water partition coefficient (Wildman–Crippen LogP) is 15.4. The van der Waals surface area contributed by atoms with Gasteiger partial charge in [0.25, 0.3) is 0 Å². The Labute approximate surface area is 334 Å². The third-order valence-electron chi connectivity index (χ3n) is 12.0. The zero-order valence-corrected chi connectivity index (χ0v) is 31.5. The highest BCUT2D eigenvalue weighted by atomic mass is 15.1. The van der Waals surface area contributed by atoms with Gasteiger partial charge >= 0.3 is 0 Å². The standard InChI is InChI=1S/C56H39N/c1-2-11-38(12-3-1)47-33-45-16-7-9-20-52(45)56(37-47)46-17-10-18-49(35-46)57(50-30-25-39-13-4-5-15-43(39)34-50)48-28-23-40(24-29-48)44-22-21-42-27-31-53-51-19-8-6-14-41(51)26-32-54(53)55(42)36-44/h1-37,53-54H. The Morgan fingerprint density at radius 1 is 0.316 bits per heavy atom. The molecule has 0 aliphatic heterocycles. The van der Waals surface area contributed by atoms with Crippen molar-refractivity contribution >= 4 is 50.8 Å². The van der Waals surface area contributed by atoms with E-state index in [0.717, 1.165) is 17.1 Å². The van der Waals surface area contributed by atoms with Gasteiger partial charge in [0.1, 0.15) is 0 Å². The third kappa shape index (κ3) is 5.96. The van der Waals surface area contributed by atoms with Gasteiger partial charge in [-0.1, -0.05) is 170 Å². The van der Waals surface area contributed by atoms with E-state index in [0.29, 0.717) is 11.8 Å². The Morgan fingerprint density at radius 3 is 1.81 bits per heavy atom.